The second-order valence-corrected chi connectivity index (χ2v) is 2.09. The summed E-state index contributed by atoms with van der Waals surface area (Å²) >= 11 is 0. The minimum atomic E-state index is 0.126. The highest BCUT2D eigenvalue weighted by Gasteiger charge is 1.90. The monoisotopic (exact) mass is 138 g/mol. The Morgan fingerprint density at radius 3 is 2.70 bits per heavy atom. The van der Waals surface area contributed by atoms with Crippen molar-refractivity contribution < 1.29 is 4.79 Å². The van der Waals surface area contributed by atoms with E-state index in [1.165, 1.54) is 6.08 Å². The Morgan fingerprint density at radius 1 is 1.50 bits per heavy atom. The highest BCUT2D eigenvalue weighted by atomic mass is 16.1. The van der Waals surface area contributed by atoms with Gasteiger partial charge < -0.3 is 0 Å². The van der Waals surface area contributed by atoms with Gasteiger partial charge in [0, 0.05) is 6.42 Å². The zero-order valence-electron chi connectivity index (χ0n) is 6.47. The van der Waals surface area contributed by atoms with Crippen LogP contribution in [0, 0.1) is 0 Å². The van der Waals surface area contributed by atoms with Crippen molar-refractivity contribution in [3.8, 4) is 0 Å². The van der Waals surface area contributed by atoms with E-state index >= 15 is 0 Å². The summed E-state index contributed by atoms with van der Waals surface area (Å²) in [5.74, 6) is 0.126. The van der Waals surface area contributed by atoms with E-state index in [2.05, 4.69) is 19.6 Å². The van der Waals surface area contributed by atoms with Gasteiger partial charge in [0.2, 0.25) is 0 Å². The third-order valence-electron chi connectivity index (χ3n) is 1.19. The lowest BCUT2D eigenvalue weighted by Gasteiger charge is -1.87. The normalized spacial score (nSPS) is 10.1. The standard InChI is InChI=1S/C9H14O/c1-3-5-6-7-8-9(10)4-2/h4-6H,2-3,7-8H2,1H3/b6-5+. The topological polar surface area (TPSA) is 17.1 Å². The summed E-state index contributed by atoms with van der Waals surface area (Å²) in [7, 11) is 0. The molecule has 0 amide bonds. The van der Waals surface area contributed by atoms with Crippen LogP contribution in [0.3, 0.4) is 0 Å². The molecular weight excluding hydrogens is 124 g/mol. The van der Waals surface area contributed by atoms with Gasteiger partial charge in [0.05, 0.1) is 0 Å². The molecule has 0 aromatic carbocycles. The van der Waals surface area contributed by atoms with Crippen molar-refractivity contribution in [2.24, 2.45) is 0 Å². The van der Waals surface area contributed by atoms with Gasteiger partial charge in [-0.25, -0.2) is 0 Å². The lowest BCUT2D eigenvalue weighted by atomic mass is 10.2. The van der Waals surface area contributed by atoms with Crippen molar-refractivity contribution in [1.29, 1.82) is 0 Å². The van der Waals surface area contributed by atoms with Crippen LogP contribution in [0.25, 0.3) is 0 Å². The van der Waals surface area contributed by atoms with Gasteiger partial charge in [-0.2, -0.15) is 0 Å². The fourth-order valence-corrected chi connectivity index (χ4v) is 0.612. The van der Waals surface area contributed by atoms with Gasteiger partial charge in [0.1, 0.15) is 0 Å². The molecule has 1 heteroatoms. The van der Waals surface area contributed by atoms with E-state index in [1.54, 1.807) is 0 Å². The average molecular weight is 138 g/mol. The van der Waals surface area contributed by atoms with Crippen molar-refractivity contribution in [3.05, 3.63) is 24.8 Å². The molecule has 0 heterocycles. The molecule has 1 nitrogen and oxygen atoms in total. The second kappa shape index (κ2) is 6.27. The van der Waals surface area contributed by atoms with Crippen LogP contribution in [0.1, 0.15) is 26.2 Å². The maximum absolute atomic E-state index is 10.6. The molecule has 0 rings (SSSR count). The summed E-state index contributed by atoms with van der Waals surface area (Å²) in [6.07, 6.45) is 7.96. The Balaban J connectivity index is 3.27. The minimum Gasteiger partial charge on any atom is -0.295 e. The molecular formula is C9H14O. The number of allylic oxidation sites excluding steroid dienone is 3. The van der Waals surface area contributed by atoms with Crippen LogP contribution in [0.2, 0.25) is 0 Å². The molecule has 0 aliphatic carbocycles. The SMILES string of the molecule is C=CC(=O)CC/C=C/CC. The molecule has 10 heavy (non-hydrogen) atoms. The Hall–Kier alpha value is -0.850. The molecule has 0 bridgehead atoms. The molecule has 0 fully saturated rings. The molecule has 0 aliphatic heterocycles. The predicted molar refractivity (Wildman–Crippen MR) is 43.9 cm³/mol. The van der Waals surface area contributed by atoms with Crippen molar-refractivity contribution in [2.75, 3.05) is 0 Å². The van der Waals surface area contributed by atoms with Gasteiger partial charge in [-0.1, -0.05) is 25.7 Å². The number of rotatable bonds is 5. The number of ketones is 1. The van der Waals surface area contributed by atoms with Crippen LogP contribution < -0.4 is 0 Å². The number of carbonyl (C=O) groups excluding carboxylic acids is 1. The summed E-state index contributed by atoms with van der Waals surface area (Å²) in [5, 5.41) is 0. The van der Waals surface area contributed by atoms with E-state index in [4.69, 9.17) is 0 Å². The van der Waals surface area contributed by atoms with E-state index in [9.17, 15) is 4.79 Å². The van der Waals surface area contributed by atoms with Crippen LogP contribution in [-0.4, -0.2) is 5.78 Å². The quantitative estimate of drug-likeness (QED) is 0.421. The Bertz CT molecular complexity index is 134. The Kier molecular flexibility index (Phi) is 5.74. The highest BCUT2D eigenvalue weighted by molar-refractivity contribution is 5.89. The molecule has 0 saturated carbocycles. The van der Waals surface area contributed by atoms with E-state index in [1.807, 2.05) is 6.08 Å². The summed E-state index contributed by atoms with van der Waals surface area (Å²) in [4.78, 5) is 10.6. The summed E-state index contributed by atoms with van der Waals surface area (Å²) in [6, 6.07) is 0. The number of hydrogen-bond acceptors (Lipinski definition) is 1. The highest BCUT2D eigenvalue weighted by Crippen LogP contribution is 1.93. The second-order valence-electron chi connectivity index (χ2n) is 2.09. The first-order valence-electron chi connectivity index (χ1n) is 3.61. The smallest absolute Gasteiger partial charge is 0.155 e. The van der Waals surface area contributed by atoms with E-state index in [0.29, 0.717) is 6.42 Å². The summed E-state index contributed by atoms with van der Waals surface area (Å²) < 4.78 is 0. The molecule has 0 spiro atoms. The largest absolute Gasteiger partial charge is 0.295 e. The molecule has 0 N–H and O–H groups in total. The van der Waals surface area contributed by atoms with E-state index < -0.39 is 0 Å². The Labute approximate surface area is 62.4 Å². The average Bonchev–Trinajstić information content (AvgIpc) is 1.98. The molecule has 0 saturated heterocycles. The zero-order valence-corrected chi connectivity index (χ0v) is 6.47. The summed E-state index contributed by atoms with van der Waals surface area (Å²) in [6.45, 7) is 5.46. The van der Waals surface area contributed by atoms with Gasteiger partial charge in [-0.05, 0) is 18.9 Å². The van der Waals surface area contributed by atoms with Crippen LogP contribution >= 0.6 is 0 Å². The molecule has 0 aromatic heterocycles. The number of hydrogen-bond donors (Lipinski definition) is 0. The molecule has 0 radical (unpaired) electrons. The fraction of sp³-hybridized carbons (Fsp3) is 0.444. The van der Waals surface area contributed by atoms with Crippen LogP contribution in [0.15, 0.2) is 24.8 Å². The van der Waals surface area contributed by atoms with E-state index in [0.717, 1.165) is 12.8 Å². The molecule has 56 valence electrons. The first-order valence-corrected chi connectivity index (χ1v) is 3.61. The lowest BCUT2D eigenvalue weighted by molar-refractivity contribution is -0.114. The minimum absolute atomic E-state index is 0.126. The zero-order chi connectivity index (χ0) is 7.82. The maximum atomic E-state index is 10.6. The van der Waals surface area contributed by atoms with E-state index in [-0.39, 0.29) is 5.78 Å². The Morgan fingerprint density at radius 2 is 2.20 bits per heavy atom. The third kappa shape index (κ3) is 5.29. The number of carbonyl (C=O) groups is 1. The molecule has 0 aromatic rings. The predicted octanol–water partition coefficient (Wildman–Crippen LogP) is 2.49. The van der Waals surface area contributed by atoms with Crippen LogP contribution in [0.5, 0.6) is 0 Å². The molecule has 0 atom stereocenters. The first kappa shape index (κ1) is 9.15. The van der Waals surface area contributed by atoms with Gasteiger partial charge in [0.15, 0.2) is 5.78 Å². The van der Waals surface area contributed by atoms with Crippen molar-refractivity contribution in [2.45, 2.75) is 26.2 Å². The lowest BCUT2D eigenvalue weighted by Crippen LogP contribution is -1.88. The third-order valence-corrected chi connectivity index (χ3v) is 1.19. The maximum Gasteiger partial charge on any atom is 0.155 e. The van der Waals surface area contributed by atoms with Gasteiger partial charge in [0.25, 0.3) is 0 Å². The van der Waals surface area contributed by atoms with Crippen LogP contribution in [0.4, 0.5) is 0 Å². The van der Waals surface area contributed by atoms with Crippen molar-refractivity contribution in [1.82, 2.24) is 0 Å². The van der Waals surface area contributed by atoms with Crippen molar-refractivity contribution >= 4 is 5.78 Å². The first-order chi connectivity index (χ1) is 4.81. The summed E-state index contributed by atoms with van der Waals surface area (Å²) in [5.41, 5.74) is 0. The van der Waals surface area contributed by atoms with Gasteiger partial charge in [-0.15, -0.1) is 0 Å². The van der Waals surface area contributed by atoms with Crippen molar-refractivity contribution in [3.63, 3.8) is 0 Å². The van der Waals surface area contributed by atoms with Gasteiger partial charge >= 0.3 is 0 Å². The van der Waals surface area contributed by atoms with Crippen LogP contribution in [-0.2, 0) is 4.79 Å². The molecule has 0 aliphatic rings. The molecule has 0 unspecified atom stereocenters. The van der Waals surface area contributed by atoms with Gasteiger partial charge in [-0.3, -0.25) is 4.79 Å². The fourth-order valence-electron chi connectivity index (χ4n) is 0.612.